The summed E-state index contributed by atoms with van der Waals surface area (Å²) in [5, 5.41) is 8.64. The van der Waals surface area contributed by atoms with Crippen molar-refractivity contribution in [3.63, 3.8) is 0 Å². The normalized spacial score (nSPS) is 11.7. The summed E-state index contributed by atoms with van der Waals surface area (Å²) in [6, 6.07) is 0. The maximum Gasteiger partial charge on any atom is 0.345 e. The fourth-order valence-corrected chi connectivity index (χ4v) is 0.336. The number of amides is 1. The van der Waals surface area contributed by atoms with Gasteiger partial charge in [-0.25, -0.2) is 4.79 Å². The van der Waals surface area contributed by atoms with Crippen LogP contribution in [0.1, 0.15) is 0 Å². The molecule has 3 N–H and O–H groups in total. The highest BCUT2D eigenvalue weighted by Gasteiger charge is 2.21. The van der Waals surface area contributed by atoms with Crippen molar-refractivity contribution in [1.29, 1.82) is 0 Å². The highest BCUT2D eigenvalue weighted by molar-refractivity contribution is 5.99. The number of esters is 1. The molecule has 0 saturated carbocycles. The van der Waals surface area contributed by atoms with Gasteiger partial charge in [-0.3, -0.25) is 4.79 Å². The Morgan fingerprint density at radius 3 is 2.64 bits per heavy atom. The second-order valence-electron chi connectivity index (χ2n) is 1.72. The molecule has 0 bridgehead atoms. The minimum atomic E-state index is -1.88. The van der Waals surface area contributed by atoms with Crippen molar-refractivity contribution in [1.82, 2.24) is 0 Å². The van der Waals surface area contributed by atoms with Crippen LogP contribution in [-0.2, 0) is 14.3 Å². The smallest absolute Gasteiger partial charge is 0.345 e. The van der Waals surface area contributed by atoms with Gasteiger partial charge < -0.3 is 15.6 Å². The van der Waals surface area contributed by atoms with Gasteiger partial charge >= 0.3 is 5.97 Å². The first kappa shape index (κ1) is 9.64. The molecule has 0 aliphatic rings. The zero-order valence-corrected chi connectivity index (χ0v) is 5.82. The average molecular weight is 159 g/mol. The third-order valence-corrected chi connectivity index (χ3v) is 0.836. The summed E-state index contributed by atoms with van der Waals surface area (Å²) in [6.07, 6.45) is -0.569. The zero-order chi connectivity index (χ0) is 8.85. The fourth-order valence-electron chi connectivity index (χ4n) is 0.336. The molecule has 11 heavy (non-hydrogen) atoms. The molecule has 0 aromatic carbocycles. The van der Waals surface area contributed by atoms with E-state index in [9.17, 15) is 9.59 Å². The third-order valence-electron chi connectivity index (χ3n) is 0.836. The zero-order valence-electron chi connectivity index (χ0n) is 5.82. The van der Waals surface area contributed by atoms with E-state index in [1.807, 2.05) is 0 Å². The van der Waals surface area contributed by atoms with Crippen molar-refractivity contribution >= 4 is 11.9 Å². The van der Waals surface area contributed by atoms with E-state index in [1.54, 1.807) is 0 Å². The summed E-state index contributed by atoms with van der Waals surface area (Å²) < 4.78 is 4.31. The van der Waals surface area contributed by atoms with Gasteiger partial charge in [0.05, 0.1) is 0 Å². The maximum atomic E-state index is 10.5. The molecule has 0 spiro atoms. The van der Waals surface area contributed by atoms with E-state index in [-0.39, 0.29) is 6.61 Å². The summed E-state index contributed by atoms with van der Waals surface area (Å²) in [5.41, 5.74) is 4.59. The molecule has 0 fully saturated rings. The first-order chi connectivity index (χ1) is 5.09. The van der Waals surface area contributed by atoms with Gasteiger partial charge in [-0.15, -0.1) is 0 Å². The Hall–Kier alpha value is -1.36. The van der Waals surface area contributed by atoms with Crippen LogP contribution in [0.25, 0.3) is 0 Å². The van der Waals surface area contributed by atoms with Crippen molar-refractivity contribution in [3.8, 4) is 0 Å². The second kappa shape index (κ2) is 4.45. The number of primary amides is 1. The maximum absolute atomic E-state index is 10.5. The van der Waals surface area contributed by atoms with Crippen molar-refractivity contribution < 1.29 is 19.4 Å². The molecule has 0 saturated heterocycles. The third kappa shape index (κ3) is 3.36. The van der Waals surface area contributed by atoms with Gasteiger partial charge in [0.2, 0.25) is 6.10 Å². The SMILES string of the molecule is C=CCOC(=O)C(O)C(N)=O. The fraction of sp³-hybridized carbons (Fsp3) is 0.333. The first-order valence-corrected chi connectivity index (χ1v) is 2.84. The van der Waals surface area contributed by atoms with E-state index in [4.69, 9.17) is 5.11 Å². The number of hydrogen-bond donors (Lipinski definition) is 2. The van der Waals surface area contributed by atoms with Crippen LogP contribution in [-0.4, -0.2) is 29.7 Å². The van der Waals surface area contributed by atoms with Crippen LogP contribution >= 0.6 is 0 Å². The van der Waals surface area contributed by atoms with E-state index in [0.717, 1.165) is 0 Å². The van der Waals surface area contributed by atoms with Crippen LogP contribution < -0.4 is 5.73 Å². The molecule has 0 aliphatic heterocycles. The lowest BCUT2D eigenvalue weighted by Gasteiger charge is -2.04. The van der Waals surface area contributed by atoms with E-state index >= 15 is 0 Å². The van der Waals surface area contributed by atoms with Crippen LogP contribution in [0.15, 0.2) is 12.7 Å². The van der Waals surface area contributed by atoms with Gasteiger partial charge in [0.15, 0.2) is 0 Å². The lowest BCUT2D eigenvalue weighted by atomic mass is 10.3. The van der Waals surface area contributed by atoms with E-state index < -0.39 is 18.0 Å². The van der Waals surface area contributed by atoms with Gasteiger partial charge in [0.1, 0.15) is 6.61 Å². The highest BCUT2D eigenvalue weighted by atomic mass is 16.5. The number of aliphatic hydroxyl groups excluding tert-OH is 1. The largest absolute Gasteiger partial charge is 0.459 e. The molecule has 0 heterocycles. The lowest BCUT2D eigenvalue weighted by molar-refractivity contribution is -0.156. The van der Waals surface area contributed by atoms with Crippen LogP contribution in [0.2, 0.25) is 0 Å². The van der Waals surface area contributed by atoms with Crippen LogP contribution in [0.3, 0.4) is 0 Å². The van der Waals surface area contributed by atoms with Gasteiger partial charge in [-0.05, 0) is 0 Å². The first-order valence-electron chi connectivity index (χ1n) is 2.84. The number of ether oxygens (including phenoxy) is 1. The molecule has 1 amide bonds. The number of carbonyl (C=O) groups is 2. The highest BCUT2D eigenvalue weighted by Crippen LogP contribution is 1.87. The molecule has 5 nitrogen and oxygen atoms in total. The van der Waals surface area contributed by atoms with Crippen LogP contribution in [0.4, 0.5) is 0 Å². The lowest BCUT2D eigenvalue weighted by Crippen LogP contribution is -2.36. The molecule has 0 radical (unpaired) electrons. The number of nitrogens with two attached hydrogens (primary N) is 1. The Morgan fingerprint density at radius 1 is 1.73 bits per heavy atom. The molecular formula is C6H9NO4. The molecule has 0 aromatic rings. The molecule has 1 unspecified atom stereocenters. The predicted octanol–water partition coefficient (Wildman–Crippen LogP) is -1.44. The van der Waals surface area contributed by atoms with Crippen LogP contribution in [0.5, 0.6) is 0 Å². The molecular weight excluding hydrogens is 150 g/mol. The Morgan fingerprint density at radius 2 is 2.27 bits per heavy atom. The van der Waals surface area contributed by atoms with E-state index in [0.29, 0.717) is 0 Å². The Bertz CT molecular complexity index is 177. The Kier molecular flexibility index (Phi) is 3.90. The second-order valence-corrected chi connectivity index (χ2v) is 1.72. The molecule has 0 rings (SSSR count). The van der Waals surface area contributed by atoms with E-state index in [2.05, 4.69) is 17.0 Å². The van der Waals surface area contributed by atoms with Gasteiger partial charge in [0, 0.05) is 0 Å². The summed E-state index contributed by atoms with van der Waals surface area (Å²) >= 11 is 0. The quantitative estimate of drug-likeness (QED) is 0.298. The number of rotatable bonds is 4. The standard InChI is InChI=1S/C6H9NO4/c1-2-3-11-6(10)4(8)5(7)9/h2,4,8H,1,3H2,(H2,7,9). The van der Waals surface area contributed by atoms with Crippen LogP contribution in [0, 0.1) is 0 Å². The van der Waals surface area contributed by atoms with Gasteiger partial charge in [0.25, 0.3) is 5.91 Å². The molecule has 1 atom stereocenters. The molecule has 0 aliphatic carbocycles. The minimum absolute atomic E-state index is 0.0524. The van der Waals surface area contributed by atoms with Crippen molar-refractivity contribution in [2.45, 2.75) is 6.10 Å². The molecule has 0 aromatic heterocycles. The number of aliphatic hydroxyl groups is 1. The van der Waals surface area contributed by atoms with Crippen molar-refractivity contribution in [2.75, 3.05) is 6.61 Å². The number of hydrogen-bond acceptors (Lipinski definition) is 4. The minimum Gasteiger partial charge on any atom is -0.459 e. The molecule has 5 heteroatoms. The van der Waals surface area contributed by atoms with E-state index in [1.165, 1.54) is 6.08 Å². The van der Waals surface area contributed by atoms with Crippen molar-refractivity contribution in [3.05, 3.63) is 12.7 Å². The number of carbonyl (C=O) groups excluding carboxylic acids is 2. The van der Waals surface area contributed by atoms with Crippen molar-refractivity contribution in [2.24, 2.45) is 5.73 Å². The topological polar surface area (TPSA) is 89.6 Å². The monoisotopic (exact) mass is 159 g/mol. The summed E-state index contributed by atoms with van der Waals surface area (Å²) in [7, 11) is 0. The predicted molar refractivity (Wildman–Crippen MR) is 36.4 cm³/mol. The van der Waals surface area contributed by atoms with Gasteiger partial charge in [-0.2, -0.15) is 0 Å². The van der Waals surface area contributed by atoms with Gasteiger partial charge in [-0.1, -0.05) is 12.7 Å². The summed E-state index contributed by atoms with van der Waals surface area (Å²) in [5.74, 6) is -2.18. The Balaban J connectivity index is 3.82. The average Bonchev–Trinajstić information content (AvgIpc) is 1.98. The molecule has 62 valence electrons. The summed E-state index contributed by atoms with van der Waals surface area (Å²) in [6.45, 7) is 3.21. The Labute approximate surface area is 63.4 Å². The summed E-state index contributed by atoms with van der Waals surface area (Å²) in [4.78, 5) is 20.7.